The molecule has 3 heterocycles. The summed E-state index contributed by atoms with van der Waals surface area (Å²) in [5.74, 6) is -1.02. The Balaban J connectivity index is 1.61. The van der Waals surface area contributed by atoms with Crippen molar-refractivity contribution in [1.29, 1.82) is 0 Å². The first-order valence-electron chi connectivity index (χ1n) is 12.3. The van der Waals surface area contributed by atoms with Crippen LogP contribution in [0.15, 0.2) is 54.4 Å². The van der Waals surface area contributed by atoms with E-state index in [0.29, 0.717) is 23.8 Å². The lowest BCUT2D eigenvalue weighted by atomic mass is 9.81. The van der Waals surface area contributed by atoms with E-state index in [9.17, 15) is 19.2 Å². The Morgan fingerprint density at radius 1 is 1.22 bits per heavy atom. The van der Waals surface area contributed by atoms with Crippen LogP contribution in [-0.4, -0.2) is 70.0 Å². The zero-order valence-electron chi connectivity index (χ0n) is 21.5. The fraction of sp³-hybridized carbons (Fsp3) is 0.370. The standard InChI is InChI=1S/C27H32N6O4/c1-5-21(18-9-7-6-8-10-18)30-27(37)33-24(26(36)32(4)23-14-19(34)15-31(23)3)20(25(33)35)12-17-11-16(2)29-22(28)13-17/h6-11,13-14,20-21,24H,5,12,15H2,1-4H3,(H2,28,29)(H,30,37)/t20-,21-,24+/m1/s1. The average Bonchev–Trinajstić information content (AvgIpc) is 3.20. The van der Waals surface area contributed by atoms with Gasteiger partial charge in [-0.2, -0.15) is 0 Å². The number of nitrogens with two attached hydrogens (primary N) is 1. The molecule has 2 aliphatic heterocycles. The van der Waals surface area contributed by atoms with Crippen LogP contribution < -0.4 is 11.1 Å². The highest BCUT2D eigenvalue weighted by Gasteiger charge is 2.55. The van der Waals surface area contributed by atoms with Crippen molar-refractivity contribution in [3.05, 3.63) is 71.2 Å². The number of β-lactam (4-membered cyclic amide) rings is 1. The molecule has 10 heteroatoms. The number of nitrogens with one attached hydrogen (secondary N) is 1. The Bertz CT molecular complexity index is 1240. The number of likely N-dealkylation sites (tertiary alicyclic amines) is 1. The minimum absolute atomic E-state index is 0.121. The number of imide groups is 1. The van der Waals surface area contributed by atoms with Crippen LogP contribution in [0.1, 0.15) is 36.2 Å². The van der Waals surface area contributed by atoms with Crippen molar-refractivity contribution in [2.75, 3.05) is 26.4 Å². The van der Waals surface area contributed by atoms with Gasteiger partial charge in [-0.3, -0.25) is 24.2 Å². The van der Waals surface area contributed by atoms with Gasteiger partial charge in [-0.25, -0.2) is 9.78 Å². The monoisotopic (exact) mass is 504 g/mol. The molecule has 3 atom stereocenters. The molecule has 0 radical (unpaired) electrons. The third-order valence-corrected chi connectivity index (χ3v) is 6.83. The molecule has 1 aromatic carbocycles. The number of likely N-dealkylation sites (N-methyl/N-ethyl adjacent to an activating group) is 2. The lowest BCUT2D eigenvalue weighted by Crippen LogP contribution is -2.70. The SMILES string of the molecule is CC[C@@H](NC(=O)N1C(=O)[C@H](Cc2cc(C)nc(N)c2)[C@H]1C(=O)N(C)C1=CC(=O)CN1C)c1ccccc1. The average molecular weight is 505 g/mol. The molecule has 0 bridgehead atoms. The highest BCUT2D eigenvalue weighted by atomic mass is 16.2. The van der Waals surface area contributed by atoms with Gasteiger partial charge < -0.3 is 16.0 Å². The number of carbonyl (C=O) groups is 4. The highest BCUT2D eigenvalue weighted by Crippen LogP contribution is 2.34. The number of hydrogen-bond acceptors (Lipinski definition) is 7. The third-order valence-electron chi connectivity index (χ3n) is 6.83. The van der Waals surface area contributed by atoms with E-state index in [-0.39, 0.29) is 24.8 Å². The Labute approximate surface area is 216 Å². The topological polar surface area (TPSA) is 129 Å². The fourth-order valence-corrected chi connectivity index (χ4v) is 5.00. The van der Waals surface area contributed by atoms with E-state index in [4.69, 9.17) is 5.73 Å². The van der Waals surface area contributed by atoms with Crippen molar-refractivity contribution in [3.8, 4) is 0 Å². The van der Waals surface area contributed by atoms with E-state index in [1.807, 2.05) is 43.3 Å². The minimum atomic E-state index is -1.04. The van der Waals surface area contributed by atoms with E-state index in [1.165, 1.54) is 11.0 Å². The molecule has 2 aliphatic rings. The largest absolute Gasteiger partial charge is 0.384 e. The quantitative estimate of drug-likeness (QED) is 0.552. The van der Waals surface area contributed by atoms with Crippen molar-refractivity contribution in [2.24, 2.45) is 5.92 Å². The first kappa shape index (κ1) is 25.9. The van der Waals surface area contributed by atoms with Gasteiger partial charge in [0.2, 0.25) is 5.91 Å². The summed E-state index contributed by atoms with van der Waals surface area (Å²) in [6.45, 7) is 3.90. The Morgan fingerprint density at radius 2 is 1.92 bits per heavy atom. The summed E-state index contributed by atoms with van der Waals surface area (Å²) in [6, 6.07) is 11.0. The lowest BCUT2D eigenvalue weighted by molar-refractivity contribution is -0.161. The van der Waals surface area contributed by atoms with Crippen molar-refractivity contribution in [3.63, 3.8) is 0 Å². The van der Waals surface area contributed by atoms with Gasteiger partial charge in [-0.15, -0.1) is 0 Å². The van der Waals surface area contributed by atoms with Gasteiger partial charge in [0.25, 0.3) is 5.91 Å². The highest BCUT2D eigenvalue weighted by molar-refractivity contribution is 6.09. The number of carbonyl (C=O) groups excluding carboxylic acids is 4. The van der Waals surface area contributed by atoms with Crippen LogP contribution in [0.5, 0.6) is 0 Å². The maximum Gasteiger partial charge on any atom is 0.325 e. The zero-order valence-corrected chi connectivity index (χ0v) is 21.5. The van der Waals surface area contributed by atoms with Crippen LogP contribution in [0, 0.1) is 12.8 Å². The molecule has 0 spiro atoms. The Morgan fingerprint density at radius 3 is 2.51 bits per heavy atom. The Kier molecular flexibility index (Phi) is 7.28. The number of aromatic nitrogens is 1. The van der Waals surface area contributed by atoms with Crippen LogP contribution in [-0.2, 0) is 20.8 Å². The molecule has 10 nitrogen and oxygen atoms in total. The predicted molar refractivity (Wildman–Crippen MR) is 138 cm³/mol. The zero-order chi connectivity index (χ0) is 26.9. The van der Waals surface area contributed by atoms with Crippen molar-refractivity contribution in [2.45, 2.75) is 38.8 Å². The van der Waals surface area contributed by atoms with E-state index >= 15 is 0 Å². The molecule has 1 saturated heterocycles. The molecular weight excluding hydrogens is 472 g/mol. The molecule has 0 saturated carbocycles. The smallest absolute Gasteiger partial charge is 0.325 e. The summed E-state index contributed by atoms with van der Waals surface area (Å²) in [5.41, 5.74) is 8.25. The van der Waals surface area contributed by atoms with Gasteiger partial charge in [-0.1, -0.05) is 37.3 Å². The number of amides is 4. The first-order valence-corrected chi connectivity index (χ1v) is 12.3. The van der Waals surface area contributed by atoms with Gasteiger partial charge >= 0.3 is 6.03 Å². The van der Waals surface area contributed by atoms with Crippen LogP contribution >= 0.6 is 0 Å². The van der Waals surface area contributed by atoms with Gasteiger partial charge in [0.15, 0.2) is 5.78 Å². The fourth-order valence-electron chi connectivity index (χ4n) is 5.00. The molecule has 2 aromatic rings. The van der Waals surface area contributed by atoms with E-state index in [0.717, 1.165) is 16.0 Å². The number of aryl methyl sites for hydroxylation is 1. The number of nitrogen functional groups attached to an aromatic ring is 1. The molecule has 0 aliphatic carbocycles. The van der Waals surface area contributed by atoms with E-state index in [1.54, 1.807) is 32.0 Å². The second-order valence-electron chi connectivity index (χ2n) is 9.55. The van der Waals surface area contributed by atoms with Gasteiger partial charge in [-0.05, 0) is 43.0 Å². The second-order valence-corrected chi connectivity index (χ2v) is 9.55. The number of anilines is 1. The van der Waals surface area contributed by atoms with Crippen molar-refractivity contribution < 1.29 is 19.2 Å². The number of pyridine rings is 1. The van der Waals surface area contributed by atoms with Gasteiger partial charge in [0.05, 0.1) is 18.5 Å². The van der Waals surface area contributed by atoms with Crippen molar-refractivity contribution in [1.82, 2.24) is 25.0 Å². The van der Waals surface area contributed by atoms with Crippen LogP contribution in [0.2, 0.25) is 0 Å². The van der Waals surface area contributed by atoms with Crippen LogP contribution in [0.4, 0.5) is 10.6 Å². The summed E-state index contributed by atoms with van der Waals surface area (Å²) >= 11 is 0. The van der Waals surface area contributed by atoms with Crippen LogP contribution in [0.3, 0.4) is 0 Å². The molecule has 194 valence electrons. The van der Waals surface area contributed by atoms with Gasteiger partial charge in [0.1, 0.15) is 17.7 Å². The number of urea groups is 1. The molecule has 1 fully saturated rings. The maximum absolute atomic E-state index is 13.7. The lowest BCUT2D eigenvalue weighted by Gasteiger charge is -2.46. The molecule has 4 amide bonds. The van der Waals surface area contributed by atoms with E-state index in [2.05, 4.69) is 10.3 Å². The summed E-state index contributed by atoms with van der Waals surface area (Å²) < 4.78 is 0. The maximum atomic E-state index is 13.7. The van der Waals surface area contributed by atoms with Gasteiger partial charge in [0, 0.05) is 25.9 Å². The number of hydrogen-bond donors (Lipinski definition) is 2. The first-order chi connectivity index (χ1) is 17.6. The number of benzene rings is 1. The summed E-state index contributed by atoms with van der Waals surface area (Å²) in [5, 5.41) is 2.91. The summed E-state index contributed by atoms with van der Waals surface area (Å²) in [7, 11) is 3.26. The van der Waals surface area contributed by atoms with Crippen LogP contribution in [0.25, 0.3) is 0 Å². The molecule has 4 rings (SSSR count). The molecule has 37 heavy (non-hydrogen) atoms. The molecule has 0 unspecified atom stereocenters. The Hall–Kier alpha value is -4.21. The second kappa shape index (κ2) is 10.4. The number of nitrogens with zero attached hydrogens (tertiary/aromatic N) is 4. The summed E-state index contributed by atoms with van der Waals surface area (Å²) in [6.07, 6.45) is 2.23. The number of ketones is 1. The molecule has 3 N–H and O–H groups in total. The molecular formula is C27H32N6O4. The predicted octanol–water partition coefficient (Wildman–Crippen LogP) is 2.02. The summed E-state index contributed by atoms with van der Waals surface area (Å²) in [4.78, 5) is 60.5. The van der Waals surface area contributed by atoms with Crippen molar-refractivity contribution >= 4 is 29.4 Å². The van der Waals surface area contributed by atoms with E-state index < -0.39 is 29.8 Å². The number of rotatable bonds is 7. The third kappa shape index (κ3) is 5.18. The molecule has 1 aromatic heterocycles. The minimum Gasteiger partial charge on any atom is -0.384 e. The normalized spacial score (nSPS) is 19.8.